The van der Waals surface area contributed by atoms with Gasteiger partial charge in [-0.25, -0.2) is 0 Å². The summed E-state index contributed by atoms with van der Waals surface area (Å²) in [6.45, 7) is 9.60. The lowest BCUT2D eigenvalue weighted by molar-refractivity contribution is -0.129. The molecule has 1 saturated carbocycles. The van der Waals surface area contributed by atoms with Crippen molar-refractivity contribution in [2.75, 3.05) is 19.6 Å². The lowest BCUT2D eigenvalue weighted by Crippen LogP contribution is -2.58. The zero-order valence-electron chi connectivity index (χ0n) is 14.8. The van der Waals surface area contributed by atoms with Crippen LogP contribution in [0.4, 0.5) is 0 Å². The Morgan fingerprint density at radius 2 is 2.08 bits per heavy atom. The fraction of sp³-hybridized carbons (Fsp3) is 0.611. The summed E-state index contributed by atoms with van der Waals surface area (Å²) >= 11 is 0. The zero-order valence-corrected chi connectivity index (χ0v) is 14.8. The molecule has 1 aliphatic carbocycles. The van der Waals surface area contributed by atoms with E-state index < -0.39 is 0 Å². The molecule has 2 amide bonds. The first-order valence-electron chi connectivity index (χ1n) is 8.62. The predicted octanol–water partition coefficient (Wildman–Crippen LogP) is 1.62. The minimum Gasteiger partial charge on any atom is -0.335 e. The van der Waals surface area contributed by atoms with E-state index in [1.165, 1.54) is 6.08 Å². The molecule has 2 fully saturated rings. The normalized spacial score (nSPS) is 19.0. The number of nitrogens with zero attached hydrogens (tertiary/aromatic N) is 4. The Morgan fingerprint density at radius 1 is 1.38 bits per heavy atom. The van der Waals surface area contributed by atoms with Crippen LogP contribution < -0.4 is 0 Å². The summed E-state index contributed by atoms with van der Waals surface area (Å²) in [4.78, 5) is 28.7. The summed E-state index contributed by atoms with van der Waals surface area (Å²) in [5.74, 6) is 0.488. The molecule has 1 saturated heterocycles. The van der Waals surface area contributed by atoms with Crippen LogP contribution in [0.1, 0.15) is 42.9 Å². The van der Waals surface area contributed by atoms with Crippen LogP contribution in [-0.2, 0) is 18.3 Å². The fourth-order valence-electron chi connectivity index (χ4n) is 3.57. The molecule has 1 spiro atoms. The monoisotopic (exact) mass is 330 g/mol. The maximum atomic E-state index is 13.1. The molecule has 6 heteroatoms. The van der Waals surface area contributed by atoms with Crippen LogP contribution in [0.5, 0.6) is 0 Å². The minimum atomic E-state index is -0.184. The topological polar surface area (TPSA) is 58.4 Å². The van der Waals surface area contributed by atoms with Gasteiger partial charge >= 0.3 is 0 Å². The smallest absolute Gasteiger partial charge is 0.272 e. The molecule has 1 aromatic rings. The lowest BCUT2D eigenvalue weighted by Gasteiger charge is -2.41. The Hall–Kier alpha value is -2.11. The molecule has 0 aromatic carbocycles. The fourth-order valence-corrected chi connectivity index (χ4v) is 3.57. The molecule has 6 nitrogen and oxygen atoms in total. The van der Waals surface area contributed by atoms with Gasteiger partial charge in [-0.15, -0.1) is 0 Å². The largest absolute Gasteiger partial charge is 0.335 e. The highest BCUT2D eigenvalue weighted by atomic mass is 16.2. The number of hydrogen-bond acceptors (Lipinski definition) is 3. The molecule has 24 heavy (non-hydrogen) atoms. The highest BCUT2D eigenvalue weighted by Gasteiger charge is 2.54. The molecule has 0 unspecified atom stereocenters. The molecule has 2 aliphatic rings. The molecule has 1 aromatic heterocycles. The maximum absolute atomic E-state index is 13.1. The van der Waals surface area contributed by atoms with Gasteiger partial charge in [-0.3, -0.25) is 14.3 Å². The Bertz CT molecular complexity index is 673. The van der Waals surface area contributed by atoms with Gasteiger partial charge in [0.2, 0.25) is 5.91 Å². The summed E-state index contributed by atoms with van der Waals surface area (Å²) in [5, 5.41) is 4.48. The van der Waals surface area contributed by atoms with Crippen molar-refractivity contribution >= 4 is 11.8 Å². The van der Waals surface area contributed by atoms with Crippen molar-refractivity contribution in [1.82, 2.24) is 19.6 Å². The van der Waals surface area contributed by atoms with E-state index in [-0.39, 0.29) is 17.4 Å². The third-order valence-electron chi connectivity index (χ3n) is 4.98. The maximum Gasteiger partial charge on any atom is 0.272 e. The van der Waals surface area contributed by atoms with Gasteiger partial charge in [0.05, 0.1) is 11.2 Å². The molecule has 0 bridgehead atoms. The number of aromatic nitrogens is 2. The predicted molar refractivity (Wildman–Crippen MR) is 91.5 cm³/mol. The zero-order chi connectivity index (χ0) is 17.5. The lowest BCUT2D eigenvalue weighted by atomic mass is 10.1. The van der Waals surface area contributed by atoms with E-state index in [9.17, 15) is 9.59 Å². The van der Waals surface area contributed by atoms with Crippen LogP contribution in [0.15, 0.2) is 18.7 Å². The molecule has 2 heterocycles. The van der Waals surface area contributed by atoms with E-state index in [2.05, 4.69) is 25.5 Å². The van der Waals surface area contributed by atoms with Crippen molar-refractivity contribution in [3.8, 4) is 0 Å². The third-order valence-corrected chi connectivity index (χ3v) is 4.98. The molecule has 130 valence electrons. The van der Waals surface area contributed by atoms with Gasteiger partial charge in [0.15, 0.2) is 0 Å². The van der Waals surface area contributed by atoms with Gasteiger partial charge in [-0.1, -0.05) is 20.4 Å². The summed E-state index contributed by atoms with van der Waals surface area (Å²) in [6, 6.07) is 1.92. The number of carbonyl (C=O) groups is 2. The van der Waals surface area contributed by atoms with E-state index in [1.807, 2.05) is 18.0 Å². The van der Waals surface area contributed by atoms with E-state index in [1.54, 1.807) is 9.58 Å². The number of aryl methyl sites for hydroxylation is 1. The first kappa shape index (κ1) is 16.7. The number of hydrogen-bond donors (Lipinski definition) is 0. The number of piperazine rings is 1. The quantitative estimate of drug-likeness (QED) is 0.788. The van der Waals surface area contributed by atoms with Crippen molar-refractivity contribution in [2.24, 2.45) is 13.0 Å². The molecule has 0 radical (unpaired) electrons. The van der Waals surface area contributed by atoms with Crippen LogP contribution in [0, 0.1) is 5.92 Å². The van der Waals surface area contributed by atoms with Gasteiger partial charge in [-0.05, 0) is 37.3 Å². The van der Waals surface area contributed by atoms with Crippen molar-refractivity contribution in [3.63, 3.8) is 0 Å². The van der Waals surface area contributed by atoms with Crippen molar-refractivity contribution in [1.29, 1.82) is 0 Å². The molecule has 0 N–H and O–H groups in total. The van der Waals surface area contributed by atoms with Crippen LogP contribution in [0.3, 0.4) is 0 Å². The summed E-state index contributed by atoms with van der Waals surface area (Å²) in [7, 11) is 1.83. The molecule has 3 rings (SSSR count). The SMILES string of the molecule is C=CC(=O)N1CCN(C(=O)c2cc(CC(C)C)nn2C)C2(CC2)C1. The molecule has 0 atom stereocenters. The third kappa shape index (κ3) is 2.97. The average Bonchev–Trinajstić information content (AvgIpc) is 3.19. The van der Waals surface area contributed by atoms with Crippen LogP contribution in [0.25, 0.3) is 0 Å². The van der Waals surface area contributed by atoms with Crippen LogP contribution in [0.2, 0.25) is 0 Å². The highest BCUT2D eigenvalue weighted by Crippen LogP contribution is 2.45. The standard InChI is InChI=1S/C18H26N4O2/c1-5-16(23)21-8-9-22(18(12-21)6-7-18)17(24)15-11-14(10-13(2)3)19-20(15)4/h5,11,13H,1,6-10,12H2,2-4H3. The highest BCUT2D eigenvalue weighted by molar-refractivity contribution is 5.94. The van der Waals surface area contributed by atoms with Gasteiger partial charge in [0, 0.05) is 26.7 Å². The van der Waals surface area contributed by atoms with Gasteiger partial charge < -0.3 is 9.80 Å². The van der Waals surface area contributed by atoms with E-state index >= 15 is 0 Å². The van der Waals surface area contributed by atoms with Crippen LogP contribution in [-0.4, -0.2) is 56.6 Å². The number of rotatable bonds is 4. The first-order chi connectivity index (χ1) is 11.4. The molecular weight excluding hydrogens is 304 g/mol. The van der Waals surface area contributed by atoms with Crippen molar-refractivity contribution in [3.05, 3.63) is 30.1 Å². The molecule has 1 aliphatic heterocycles. The second kappa shape index (κ2) is 6.07. The summed E-state index contributed by atoms with van der Waals surface area (Å²) in [6.07, 6.45) is 4.13. The van der Waals surface area contributed by atoms with Crippen LogP contribution >= 0.6 is 0 Å². The minimum absolute atomic E-state index is 0.0307. The van der Waals surface area contributed by atoms with Gasteiger partial charge in [0.1, 0.15) is 5.69 Å². The second-order valence-corrected chi connectivity index (χ2v) is 7.39. The van der Waals surface area contributed by atoms with Crippen molar-refractivity contribution < 1.29 is 9.59 Å². The van der Waals surface area contributed by atoms with Crippen molar-refractivity contribution in [2.45, 2.75) is 38.6 Å². The first-order valence-corrected chi connectivity index (χ1v) is 8.62. The number of amides is 2. The second-order valence-electron chi connectivity index (χ2n) is 7.39. The van der Waals surface area contributed by atoms with E-state index in [0.717, 1.165) is 25.0 Å². The summed E-state index contributed by atoms with van der Waals surface area (Å²) in [5.41, 5.74) is 1.41. The Morgan fingerprint density at radius 3 is 2.67 bits per heavy atom. The van der Waals surface area contributed by atoms with E-state index in [0.29, 0.717) is 31.2 Å². The summed E-state index contributed by atoms with van der Waals surface area (Å²) < 4.78 is 1.69. The Balaban J connectivity index is 1.78. The number of carbonyl (C=O) groups excluding carboxylic acids is 2. The Labute approximate surface area is 143 Å². The Kier molecular flexibility index (Phi) is 4.24. The van der Waals surface area contributed by atoms with Gasteiger partial charge in [0.25, 0.3) is 5.91 Å². The average molecular weight is 330 g/mol. The molecular formula is C18H26N4O2. The van der Waals surface area contributed by atoms with Gasteiger partial charge in [-0.2, -0.15) is 5.10 Å². The van der Waals surface area contributed by atoms with E-state index in [4.69, 9.17) is 0 Å².